The quantitative estimate of drug-likeness (QED) is 0.758. The maximum Gasteiger partial charge on any atom is 0.259 e. The summed E-state index contributed by atoms with van der Waals surface area (Å²) in [6, 6.07) is 7.40. The van der Waals surface area contributed by atoms with Gasteiger partial charge < -0.3 is 9.88 Å². The number of benzene rings is 1. The van der Waals surface area contributed by atoms with Crippen LogP contribution in [0.4, 0.5) is 0 Å². The van der Waals surface area contributed by atoms with Crippen molar-refractivity contribution >= 4 is 15.9 Å². The SMILES string of the molecule is Cn1cnc(S(=O)(=O)NCCNC(=O)c2ccc(C(C)(C)C)cc2)c1. The second-order valence-electron chi connectivity index (χ2n) is 6.86. The summed E-state index contributed by atoms with van der Waals surface area (Å²) < 4.78 is 27.9. The standard InChI is InChI=1S/C17H24N4O3S/c1-17(2,3)14-7-5-13(6-8-14)16(22)18-9-10-20-25(23,24)15-11-21(4)12-19-15/h5-8,11-12,20H,9-10H2,1-4H3,(H,18,22). The van der Waals surface area contributed by atoms with Gasteiger partial charge in [0.15, 0.2) is 5.03 Å². The van der Waals surface area contributed by atoms with E-state index in [-0.39, 0.29) is 29.4 Å². The summed E-state index contributed by atoms with van der Waals surface area (Å²) in [6.45, 7) is 6.60. The number of imidazole rings is 1. The van der Waals surface area contributed by atoms with Crippen LogP contribution in [0.1, 0.15) is 36.7 Å². The van der Waals surface area contributed by atoms with Crippen LogP contribution in [0.2, 0.25) is 0 Å². The number of sulfonamides is 1. The van der Waals surface area contributed by atoms with Gasteiger partial charge in [-0.15, -0.1) is 0 Å². The molecule has 0 saturated heterocycles. The van der Waals surface area contributed by atoms with Crippen molar-refractivity contribution in [3.05, 3.63) is 47.9 Å². The average Bonchev–Trinajstić information content (AvgIpc) is 2.98. The van der Waals surface area contributed by atoms with Crippen LogP contribution < -0.4 is 10.0 Å². The minimum Gasteiger partial charge on any atom is -0.351 e. The van der Waals surface area contributed by atoms with Gasteiger partial charge in [0.05, 0.1) is 6.33 Å². The molecule has 7 nitrogen and oxygen atoms in total. The molecule has 8 heteroatoms. The lowest BCUT2D eigenvalue weighted by Crippen LogP contribution is -2.34. The van der Waals surface area contributed by atoms with Crippen molar-refractivity contribution in [2.24, 2.45) is 7.05 Å². The van der Waals surface area contributed by atoms with Gasteiger partial charge in [-0.25, -0.2) is 18.1 Å². The Labute approximate surface area is 148 Å². The number of hydrogen-bond acceptors (Lipinski definition) is 4. The second kappa shape index (κ2) is 7.37. The first-order valence-electron chi connectivity index (χ1n) is 7.96. The van der Waals surface area contributed by atoms with E-state index in [9.17, 15) is 13.2 Å². The molecule has 25 heavy (non-hydrogen) atoms. The second-order valence-corrected chi connectivity index (χ2v) is 8.57. The molecule has 2 rings (SSSR count). The highest BCUT2D eigenvalue weighted by Crippen LogP contribution is 2.22. The number of carbonyl (C=O) groups is 1. The van der Waals surface area contributed by atoms with Crippen molar-refractivity contribution in [2.45, 2.75) is 31.2 Å². The van der Waals surface area contributed by atoms with Gasteiger partial charge in [0.25, 0.3) is 15.9 Å². The fourth-order valence-corrected chi connectivity index (χ4v) is 3.20. The fourth-order valence-electron chi connectivity index (χ4n) is 2.19. The molecular formula is C17H24N4O3S. The maximum absolute atomic E-state index is 12.1. The van der Waals surface area contributed by atoms with E-state index in [1.54, 1.807) is 23.7 Å². The highest BCUT2D eigenvalue weighted by Gasteiger charge is 2.17. The van der Waals surface area contributed by atoms with E-state index in [2.05, 4.69) is 35.8 Å². The summed E-state index contributed by atoms with van der Waals surface area (Å²) in [6.07, 6.45) is 2.83. The van der Waals surface area contributed by atoms with Gasteiger partial charge in [0.1, 0.15) is 0 Å². The van der Waals surface area contributed by atoms with Crippen molar-refractivity contribution in [1.82, 2.24) is 19.6 Å². The lowest BCUT2D eigenvalue weighted by Gasteiger charge is -2.19. The van der Waals surface area contributed by atoms with Crippen LogP contribution in [-0.2, 0) is 22.5 Å². The molecule has 0 fully saturated rings. The normalized spacial score (nSPS) is 12.2. The zero-order chi connectivity index (χ0) is 18.7. The average molecular weight is 364 g/mol. The van der Waals surface area contributed by atoms with Crippen LogP contribution in [0.25, 0.3) is 0 Å². The van der Waals surface area contributed by atoms with Crippen LogP contribution in [0.15, 0.2) is 41.8 Å². The molecule has 1 heterocycles. The first kappa shape index (κ1) is 19.1. The molecule has 2 N–H and O–H groups in total. The van der Waals surface area contributed by atoms with Crippen LogP contribution in [-0.4, -0.2) is 37.0 Å². The van der Waals surface area contributed by atoms with Crippen LogP contribution in [0.5, 0.6) is 0 Å². The summed E-state index contributed by atoms with van der Waals surface area (Å²) in [5.41, 5.74) is 1.71. The molecule has 0 aliphatic rings. The van der Waals surface area contributed by atoms with Gasteiger partial charge in [0.2, 0.25) is 0 Å². The maximum atomic E-state index is 12.1. The number of aromatic nitrogens is 2. The van der Waals surface area contributed by atoms with E-state index >= 15 is 0 Å². The van der Waals surface area contributed by atoms with E-state index in [1.165, 1.54) is 12.5 Å². The molecule has 1 aromatic heterocycles. The lowest BCUT2D eigenvalue weighted by atomic mass is 9.87. The van der Waals surface area contributed by atoms with Crippen LogP contribution in [0, 0.1) is 0 Å². The van der Waals surface area contributed by atoms with Crippen molar-refractivity contribution in [3.8, 4) is 0 Å². The highest BCUT2D eigenvalue weighted by molar-refractivity contribution is 7.89. The number of carbonyl (C=O) groups excluding carboxylic acids is 1. The Hall–Kier alpha value is -2.19. The molecule has 0 bridgehead atoms. The van der Waals surface area contributed by atoms with Crippen molar-refractivity contribution < 1.29 is 13.2 Å². The molecule has 0 spiro atoms. The van der Waals surface area contributed by atoms with E-state index in [0.717, 1.165) is 5.56 Å². The molecule has 2 aromatic rings. The summed E-state index contributed by atoms with van der Waals surface area (Å²) in [7, 11) is -1.97. The van der Waals surface area contributed by atoms with Gasteiger partial charge in [-0.3, -0.25) is 4.79 Å². The summed E-state index contributed by atoms with van der Waals surface area (Å²) in [4.78, 5) is 15.9. The van der Waals surface area contributed by atoms with Gasteiger partial charge in [-0.05, 0) is 23.1 Å². The van der Waals surface area contributed by atoms with Gasteiger partial charge in [-0.2, -0.15) is 0 Å². The minimum atomic E-state index is -3.66. The third-order valence-electron chi connectivity index (χ3n) is 3.67. The summed E-state index contributed by atoms with van der Waals surface area (Å²) >= 11 is 0. The number of nitrogens with one attached hydrogen (secondary N) is 2. The monoisotopic (exact) mass is 364 g/mol. The van der Waals surface area contributed by atoms with E-state index < -0.39 is 10.0 Å². The zero-order valence-corrected chi connectivity index (χ0v) is 15.7. The Balaban J connectivity index is 1.84. The number of hydrogen-bond donors (Lipinski definition) is 2. The Kier molecular flexibility index (Phi) is 5.64. The molecular weight excluding hydrogens is 340 g/mol. The topological polar surface area (TPSA) is 93.1 Å². The molecule has 0 aliphatic carbocycles. The van der Waals surface area contributed by atoms with Crippen molar-refractivity contribution in [2.75, 3.05) is 13.1 Å². The van der Waals surface area contributed by atoms with Gasteiger partial charge in [-0.1, -0.05) is 32.9 Å². The number of rotatable bonds is 6. The van der Waals surface area contributed by atoms with Crippen molar-refractivity contribution in [1.29, 1.82) is 0 Å². The Morgan fingerprint density at radius 2 is 1.80 bits per heavy atom. The molecule has 1 amide bonds. The first-order valence-corrected chi connectivity index (χ1v) is 9.44. The fraction of sp³-hybridized carbons (Fsp3) is 0.412. The highest BCUT2D eigenvalue weighted by atomic mass is 32.2. The summed E-state index contributed by atoms with van der Waals surface area (Å²) in [5.74, 6) is -0.238. The molecule has 0 unspecified atom stereocenters. The van der Waals surface area contributed by atoms with Crippen LogP contribution >= 0.6 is 0 Å². The number of amides is 1. The number of nitrogens with zero attached hydrogens (tertiary/aromatic N) is 2. The Morgan fingerprint density at radius 1 is 1.16 bits per heavy atom. The number of aryl methyl sites for hydroxylation is 1. The zero-order valence-electron chi connectivity index (χ0n) is 14.9. The van der Waals surface area contributed by atoms with Gasteiger partial charge in [0, 0.05) is 31.9 Å². The van der Waals surface area contributed by atoms with E-state index in [1.807, 2.05) is 12.1 Å². The predicted molar refractivity (Wildman–Crippen MR) is 95.9 cm³/mol. The first-order chi connectivity index (χ1) is 11.6. The molecule has 0 aliphatic heterocycles. The molecule has 0 atom stereocenters. The molecule has 136 valence electrons. The minimum absolute atomic E-state index is 0.0265. The van der Waals surface area contributed by atoms with E-state index in [0.29, 0.717) is 5.56 Å². The third kappa shape index (κ3) is 5.14. The Morgan fingerprint density at radius 3 is 2.32 bits per heavy atom. The smallest absolute Gasteiger partial charge is 0.259 e. The van der Waals surface area contributed by atoms with Crippen molar-refractivity contribution in [3.63, 3.8) is 0 Å². The molecule has 0 saturated carbocycles. The molecule has 0 radical (unpaired) electrons. The summed E-state index contributed by atoms with van der Waals surface area (Å²) in [5, 5.41) is 2.65. The van der Waals surface area contributed by atoms with Crippen LogP contribution in [0.3, 0.4) is 0 Å². The van der Waals surface area contributed by atoms with E-state index in [4.69, 9.17) is 0 Å². The Bertz CT molecular complexity index is 834. The lowest BCUT2D eigenvalue weighted by molar-refractivity contribution is 0.0954. The predicted octanol–water partition coefficient (Wildman–Crippen LogP) is 1.43. The van der Waals surface area contributed by atoms with Gasteiger partial charge >= 0.3 is 0 Å². The molecule has 1 aromatic carbocycles. The largest absolute Gasteiger partial charge is 0.351 e. The third-order valence-corrected chi connectivity index (χ3v) is 5.02.